The van der Waals surface area contributed by atoms with Crippen LogP contribution in [0.15, 0.2) is 29.3 Å². The highest BCUT2D eigenvalue weighted by atomic mass is 35.5. The van der Waals surface area contributed by atoms with Crippen molar-refractivity contribution in [3.8, 4) is 0 Å². The van der Waals surface area contributed by atoms with Gasteiger partial charge in [0.05, 0.1) is 6.54 Å². The van der Waals surface area contributed by atoms with E-state index in [1.165, 1.54) is 18.3 Å². The molecule has 0 amide bonds. The lowest BCUT2D eigenvalue weighted by Crippen LogP contribution is -2.25. The minimum absolute atomic E-state index is 0.100. The van der Waals surface area contributed by atoms with Crippen molar-refractivity contribution < 1.29 is 21.6 Å². The van der Waals surface area contributed by atoms with Gasteiger partial charge in [0.15, 0.2) is 5.69 Å². The topological polar surface area (TPSA) is 92.7 Å². The predicted molar refractivity (Wildman–Crippen MR) is 83.3 cm³/mol. The fraction of sp³-hybridized carbons (Fsp3) is 0.231. The lowest BCUT2D eigenvalue weighted by Gasteiger charge is -2.09. The monoisotopic (exact) mass is 393 g/mol. The van der Waals surface area contributed by atoms with E-state index < -0.39 is 34.1 Å². The number of aromatic amines is 1. The molecule has 0 radical (unpaired) electrons. The Bertz CT molecular complexity index is 1040. The molecule has 12 heteroatoms. The molecule has 0 saturated heterocycles. The van der Waals surface area contributed by atoms with Gasteiger partial charge in [-0.1, -0.05) is 16.8 Å². The summed E-state index contributed by atoms with van der Waals surface area (Å²) in [6, 6.07) is 4.56. The van der Waals surface area contributed by atoms with Crippen LogP contribution in [0.4, 0.5) is 13.2 Å². The average molecular weight is 394 g/mol. The second-order valence-corrected chi connectivity index (χ2v) is 7.35. The zero-order valence-corrected chi connectivity index (χ0v) is 14.2. The van der Waals surface area contributed by atoms with Crippen LogP contribution in [0.5, 0.6) is 0 Å². The molecule has 0 fully saturated rings. The Hall–Kier alpha value is -2.11. The van der Waals surface area contributed by atoms with Gasteiger partial charge >= 0.3 is 6.18 Å². The van der Waals surface area contributed by atoms with Crippen molar-refractivity contribution in [3.05, 3.63) is 40.8 Å². The van der Waals surface area contributed by atoms with Gasteiger partial charge in [-0.2, -0.15) is 13.2 Å². The number of H-pyrrole nitrogens is 1. The minimum atomic E-state index is -4.70. The van der Waals surface area contributed by atoms with E-state index in [2.05, 4.69) is 20.0 Å². The number of benzene rings is 1. The van der Waals surface area contributed by atoms with Crippen molar-refractivity contribution in [1.82, 2.24) is 24.7 Å². The van der Waals surface area contributed by atoms with Crippen LogP contribution in [0.2, 0.25) is 5.02 Å². The van der Waals surface area contributed by atoms with Crippen LogP contribution in [0, 0.1) is 0 Å². The first-order valence-corrected chi connectivity index (χ1v) is 8.68. The molecule has 25 heavy (non-hydrogen) atoms. The Morgan fingerprint density at radius 3 is 2.76 bits per heavy atom. The number of aromatic nitrogens is 4. The van der Waals surface area contributed by atoms with E-state index >= 15 is 0 Å². The van der Waals surface area contributed by atoms with Crippen LogP contribution < -0.4 is 4.72 Å². The van der Waals surface area contributed by atoms with Crippen LogP contribution in [0.1, 0.15) is 11.4 Å². The van der Waals surface area contributed by atoms with Gasteiger partial charge in [-0.25, -0.2) is 17.8 Å². The fourth-order valence-corrected chi connectivity index (χ4v) is 3.74. The molecule has 7 nitrogen and oxygen atoms in total. The molecule has 134 valence electrons. The molecule has 0 saturated carbocycles. The largest absolute Gasteiger partial charge is 0.434 e. The molecule has 0 unspecified atom stereocenters. The lowest BCUT2D eigenvalue weighted by atomic mass is 10.2. The Morgan fingerprint density at radius 1 is 1.36 bits per heavy atom. The quantitative estimate of drug-likeness (QED) is 0.712. The van der Waals surface area contributed by atoms with Gasteiger partial charge in [0.1, 0.15) is 10.6 Å². The summed E-state index contributed by atoms with van der Waals surface area (Å²) in [6.45, 7) is -0.648. The van der Waals surface area contributed by atoms with Gasteiger partial charge in [-0.05, 0) is 18.2 Å². The summed E-state index contributed by atoms with van der Waals surface area (Å²) in [7, 11) is -3.00. The molecule has 0 bridgehead atoms. The van der Waals surface area contributed by atoms with E-state index in [1.54, 1.807) is 6.07 Å². The first kappa shape index (κ1) is 17.7. The van der Waals surface area contributed by atoms with Crippen LogP contribution in [-0.4, -0.2) is 28.4 Å². The predicted octanol–water partition coefficient (Wildman–Crippen LogP) is 2.45. The van der Waals surface area contributed by atoms with Crippen molar-refractivity contribution in [1.29, 1.82) is 0 Å². The number of alkyl halides is 3. The third-order valence-electron chi connectivity index (χ3n) is 3.49. The van der Waals surface area contributed by atoms with E-state index in [4.69, 9.17) is 11.6 Å². The van der Waals surface area contributed by atoms with Crippen LogP contribution in [0.25, 0.3) is 10.9 Å². The first-order valence-electron chi connectivity index (χ1n) is 6.81. The Labute approximate surface area is 144 Å². The van der Waals surface area contributed by atoms with Crippen LogP contribution in [0.3, 0.4) is 0 Å². The average Bonchev–Trinajstić information content (AvgIpc) is 3.08. The van der Waals surface area contributed by atoms with Crippen molar-refractivity contribution in [3.63, 3.8) is 0 Å². The molecule has 0 spiro atoms. The number of rotatable bonds is 4. The highest BCUT2D eigenvalue weighted by molar-refractivity contribution is 7.89. The number of sulfonamides is 1. The van der Waals surface area contributed by atoms with E-state index in [0.717, 1.165) is 7.05 Å². The first-order chi connectivity index (χ1) is 11.6. The van der Waals surface area contributed by atoms with E-state index in [-0.39, 0.29) is 4.90 Å². The maximum absolute atomic E-state index is 13.0. The molecule has 2 N–H and O–H groups in total. The van der Waals surface area contributed by atoms with E-state index in [9.17, 15) is 21.6 Å². The second kappa shape index (κ2) is 6.00. The van der Waals surface area contributed by atoms with Gasteiger partial charge in [-0.3, -0.25) is 0 Å². The van der Waals surface area contributed by atoms with Crippen molar-refractivity contribution in [2.45, 2.75) is 17.6 Å². The molecular weight excluding hydrogens is 383 g/mol. The molecule has 3 rings (SSSR count). The standard InChI is InChI=1S/C13H11ClF3N5O2S/c1-22-12(13(15,16)17)10(20-21-22)5-19-25(23,24)11-6-18-9-4-7(14)2-3-8(9)11/h2-4,6,18-19H,5H2,1H3. The Morgan fingerprint density at radius 2 is 2.08 bits per heavy atom. The smallest absolute Gasteiger partial charge is 0.360 e. The zero-order valence-electron chi connectivity index (χ0n) is 12.6. The van der Waals surface area contributed by atoms with E-state index in [0.29, 0.717) is 20.6 Å². The molecule has 3 aromatic rings. The number of nitrogens with one attached hydrogen (secondary N) is 2. The van der Waals surface area contributed by atoms with Gasteiger partial charge in [0.25, 0.3) is 0 Å². The molecule has 0 aliphatic rings. The second-order valence-electron chi connectivity index (χ2n) is 5.17. The lowest BCUT2D eigenvalue weighted by molar-refractivity contribution is -0.144. The summed E-state index contributed by atoms with van der Waals surface area (Å²) in [5.74, 6) is 0. The molecule has 0 aliphatic heterocycles. The third kappa shape index (κ3) is 3.34. The van der Waals surface area contributed by atoms with E-state index in [1.807, 2.05) is 0 Å². The summed E-state index contributed by atoms with van der Waals surface area (Å²) in [5.41, 5.74) is -1.13. The highest BCUT2D eigenvalue weighted by Gasteiger charge is 2.38. The van der Waals surface area contributed by atoms with Gasteiger partial charge < -0.3 is 4.98 Å². The number of halogens is 4. The normalized spacial score (nSPS) is 12.8. The van der Waals surface area contributed by atoms with Gasteiger partial charge in [0.2, 0.25) is 10.0 Å². The van der Waals surface area contributed by atoms with Crippen LogP contribution >= 0.6 is 11.6 Å². The zero-order chi connectivity index (χ0) is 18.4. The summed E-state index contributed by atoms with van der Waals surface area (Å²) in [5, 5.41) is 7.46. The molecule has 2 heterocycles. The van der Waals surface area contributed by atoms with Gasteiger partial charge in [-0.15, -0.1) is 5.10 Å². The molecule has 1 aromatic carbocycles. The number of hydrogen-bond donors (Lipinski definition) is 2. The van der Waals surface area contributed by atoms with Gasteiger partial charge in [0, 0.05) is 29.2 Å². The SMILES string of the molecule is Cn1nnc(CNS(=O)(=O)c2c[nH]c3cc(Cl)ccc23)c1C(F)(F)F. The summed E-state index contributed by atoms with van der Waals surface area (Å²) in [6.07, 6.45) is -3.46. The molecule has 0 atom stereocenters. The maximum atomic E-state index is 13.0. The Balaban J connectivity index is 1.90. The molecule has 0 aliphatic carbocycles. The maximum Gasteiger partial charge on any atom is 0.434 e. The fourth-order valence-electron chi connectivity index (χ4n) is 2.40. The number of aryl methyl sites for hydroxylation is 1. The van der Waals surface area contributed by atoms with Crippen molar-refractivity contribution in [2.75, 3.05) is 0 Å². The third-order valence-corrected chi connectivity index (χ3v) is 5.17. The van der Waals surface area contributed by atoms with Crippen molar-refractivity contribution >= 4 is 32.5 Å². The number of nitrogens with zero attached hydrogens (tertiary/aromatic N) is 3. The Kier molecular flexibility index (Phi) is 4.25. The van der Waals surface area contributed by atoms with Crippen LogP contribution in [-0.2, 0) is 29.8 Å². The molecular formula is C13H11ClF3N5O2S. The van der Waals surface area contributed by atoms with Crippen molar-refractivity contribution in [2.24, 2.45) is 7.05 Å². The molecule has 2 aromatic heterocycles. The number of hydrogen-bond acceptors (Lipinski definition) is 4. The summed E-state index contributed by atoms with van der Waals surface area (Å²) in [4.78, 5) is 2.66. The minimum Gasteiger partial charge on any atom is -0.360 e. The number of fused-ring (bicyclic) bond motifs is 1. The highest BCUT2D eigenvalue weighted by Crippen LogP contribution is 2.31. The summed E-state index contributed by atoms with van der Waals surface area (Å²) < 4.78 is 66.5. The summed E-state index contributed by atoms with van der Waals surface area (Å²) >= 11 is 5.84.